The Morgan fingerprint density at radius 2 is 2.04 bits per heavy atom. The monoisotopic (exact) mass is 322 g/mol. The van der Waals surface area contributed by atoms with E-state index in [0.717, 1.165) is 31.0 Å². The Kier molecular flexibility index (Phi) is 9.09. The van der Waals surface area contributed by atoms with E-state index in [1.54, 1.807) is 7.11 Å². The minimum atomic E-state index is 0.281. The highest BCUT2D eigenvalue weighted by atomic mass is 16.5. The lowest BCUT2D eigenvalue weighted by Crippen LogP contribution is -2.36. The molecule has 6 nitrogen and oxygen atoms in total. The van der Waals surface area contributed by atoms with Crippen LogP contribution in [0.15, 0.2) is 29.3 Å². The third-order valence-corrected chi connectivity index (χ3v) is 3.19. The molecule has 0 saturated carbocycles. The molecule has 0 aromatic heterocycles. The Morgan fingerprint density at radius 1 is 1.30 bits per heavy atom. The van der Waals surface area contributed by atoms with Gasteiger partial charge in [0, 0.05) is 26.2 Å². The Morgan fingerprint density at radius 3 is 2.74 bits per heavy atom. The highest BCUT2D eigenvalue weighted by Gasteiger charge is 2.01. The molecule has 130 valence electrons. The Hall–Kier alpha value is -1.79. The van der Waals surface area contributed by atoms with E-state index in [0.29, 0.717) is 19.1 Å². The van der Waals surface area contributed by atoms with Crippen molar-refractivity contribution in [3.05, 3.63) is 29.8 Å². The smallest absolute Gasteiger partial charge is 0.189 e. The van der Waals surface area contributed by atoms with Crippen molar-refractivity contribution in [2.45, 2.75) is 26.4 Å². The maximum Gasteiger partial charge on any atom is 0.189 e. The molecule has 0 amide bonds. The van der Waals surface area contributed by atoms with Crippen LogP contribution in [0.1, 0.15) is 19.4 Å². The molecule has 0 aliphatic carbocycles. The molecule has 0 spiro atoms. The van der Waals surface area contributed by atoms with Crippen molar-refractivity contribution in [1.29, 1.82) is 0 Å². The number of methoxy groups -OCH3 is 1. The number of nitrogens with two attached hydrogens (primary N) is 1. The van der Waals surface area contributed by atoms with E-state index < -0.39 is 0 Å². The summed E-state index contributed by atoms with van der Waals surface area (Å²) in [5.74, 6) is 1.32. The van der Waals surface area contributed by atoms with Gasteiger partial charge in [-0.3, -0.25) is 0 Å². The number of rotatable bonds is 10. The summed E-state index contributed by atoms with van der Waals surface area (Å²) in [4.78, 5) is 6.50. The van der Waals surface area contributed by atoms with Crippen LogP contribution in [0.25, 0.3) is 0 Å². The van der Waals surface area contributed by atoms with Crippen LogP contribution >= 0.6 is 0 Å². The third-order valence-electron chi connectivity index (χ3n) is 3.19. The van der Waals surface area contributed by atoms with Crippen LogP contribution in [0.5, 0.6) is 5.75 Å². The summed E-state index contributed by atoms with van der Waals surface area (Å²) in [5.41, 5.74) is 6.88. The van der Waals surface area contributed by atoms with Crippen molar-refractivity contribution in [2.75, 3.05) is 40.5 Å². The fourth-order valence-electron chi connectivity index (χ4n) is 1.93. The van der Waals surface area contributed by atoms with E-state index in [1.807, 2.05) is 38.1 Å². The molecule has 23 heavy (non-hydrogen) atoms. The van der Waals surface area contributed by atoms with Crippen molar-refractivity contribution in [1.82, 2.24) is 10.2 Å². The summed E-state index contributed by atoms with van der Waals surface area (Å²) < 4.78 is 10.8. The van der Waals surface area contributed by atoms with Crippen LogP contribution in [0, 0.1) is 0 Å². The summed E-state index contributed by atoms with van der Waals surface area (Å²) in [6.07, 6.45) is 0. The van der Waals surface area contributed by atoms with Gasteiger partial charge in [-0.1, -0.05) is 12.1 Å². The van der Waals surface area contributed by atoms with Crippen molar-refractivity contribution in [3.63, 3.8) is 0 Å². The first-order chi connectivity index (χ1) is 11.0. The molecule has 0 fully saturated rings. The van der Waals surface area contributed by atoms with Gasteiger partial charge in [0.15, 0.2) is 5.96 Å². The molecule has 0 atom stereocenters. The average molecular weight is 322 g/mol. The Labute approximate surface area is 139 Å². The highest BCUT2D eigenvalue weighted by molar-refractivity contribution is 5.78. The standard InChI is InChI=1S/C17H30N4O2/c1-14(2)20-17(18)19-13-15-6-5-7-16(12-15)23-11-9-21(3)8-10-22-4/h5-7,12,14H,8-11,13H2,1-4H3,(H3,18,19,20). The lowest BCUT2D eigenvalue weighted by Gasteiger charge is -2.16. The summed E-state index contributed by atoms with van der Waals surface area (Å²) in [7, 11) is 3.76. The lowest BCUT2D eigenvalue weighted by atomic mass is 10.2. The first-order valence-electron chi connectivity index (χ1n) is 7.97. The number of nitrogens with one attached hydrogen (secondary N) is 1. The quantitative estimate of drug-likeness (QED) is 0.504. The number of likely N-dealkylation sites (N-methyl/N-ethyl adjacent to an activating group) is 1. The molecule has 6 heteroatoms. The molecule has 0 heterocycles. The van der Waals surface area contributed by atoms with Crippen molar-refractivity contribution < 1.29 is 9.47 Å². The molecule has 0 aliphatic rings. The first-order valence-corrected chi connectivity index (χ1v) is 7.97. The number of aliphatic imine (C=N–C) groups is 1. The highest BCUT2D eigenvalue weighted by Crippen LogP contribution is 2.14. The van der Waals surface area contributed by atoms with E-state index in [4.69, 9.17) is 15.2 Å². The molecule has 0 bridgehead atoms. The zero-order valence-corrected chi connectivity index (χ0v) is 14.7. The van der Waals surface area contributed by atoms with Crippen LogP contribution in [0.2, 0.25) is 0 Å². The number of benzene rings is 1. The average Bonchev–Trinajstić information content (AvgIpc) is 2.51. The molecular formula is C17H30N4O2. The Balaban J connectivity index is 2.41. The van der Waals surface area contributed by atoms with Crippen LogP contribution < -0.4 is 15.8 Å². The number of hydrogen-bond donors (Lipinski definition) is 2. The van der Waals surface area contributed by atoms with Crippen molar-refractivity contribution >= 4 is 5.96 Å². The SMILES string of the molecule is COCCN(C)CCOc1cccc(CN=C(N)NC(C)C)c1. The van der Waals surface area contributed by atoms with Gasteiger partial charge in [-0.05, 0) is 38.6 Å². The third kappa shape index (κ3) is 9.05. The molecule has 1 aromatic rings. The zero-order valence-electron chi connectivity index (χ0n) is 14.7. The maximum absolute atomic E-state index is 5.81. The number of ether oxygens (including phenoxy) is 2. The van der Waals surface area contributed by atoms with Gasteiger partial charge in [0.05, 0.1) is 13.2 Å². The summed E-state index contributed by atoms with van der Waals surface area (Å²) in [5, 5.41) is 3.07. The fraction of sp³-hybridized carbons (Fsp3) is 0.588. The minimum absolute atomic E-state index is 0.281. The molecule has 0 unspecified atom stereocenters. The number of guanidine groups is 1. The van der Waals surface area contributed by atoms with Gasteiger partial charge >= 0.3 is 0 Å². The van der Waals surface area contributed by atoms with Crippen LogP contribution in [0.4, 0.5) is 0 Å². The van der Waals surface area contributed by atoms with Gasteiger partial charge in [-0.15, -0.1) is 0 Å². The molecule has 0 saturated heterocycles. The fourth-order valence-corrected chi connectivity index (χ4v) is 1.93. The maximum atomic E-state index is 5.81. The van der Waals surface area contributed by atoms with Gasteiger partial charge < -0.3 is 25.4 Å². The second kappa shape index (κ2) is 10.9. The van der Waals surface area contributed by atoms with E-state index in [9.17, 15) is 0 Å². The molecule has 0 aliphatic heterocycles. The van der Waals surface area contributed by atoms with Crippen LogP contribution in [-0.4, -0.2) is 57.4 Å². The largest absolute Gasteiger partial charge is 0.492 e. The van der Waals surface area contributed by atoms with E-state index in [-0.39, 0.29) is 6.04 Å². The van der Waals surface area contributed by atoms with Gasteiger partial charge in [0.1, 0.15) is 12.4 Å². The van der Waals surface area contributed by atoms with Gasteiger partial charge in [0.25, 0.3) is 0 Å². The van der Waals surface area contributed by atoms with Crippen LogP contribution in [0.3, 0.4) is 0 Å². The lowest BCUT2D eigenvalue weighted by molar-refractivity contribution is 0.150. The summed E-state index contributed by atoms with van der Waals surface area (Å²) >= 11 is 0. The summed E-state index contributed by atoms with van der Waals surface area (Å²) in [6, 6.07) is 8.23. The van der Waals surface area contributed by atoms with Crippen molar-refractivity contribution in [3.8, 4) is 5.75 Å². The van der Waals surface area contributed by atoms with E-state index >= 15 is 0 Å². The number of nitrogens with zero attached hydrogens (tertiary/aromatic N) is 2. The predicted molar refractivity (Wildman–Crippen MR) is 94.9 cm³/mol. The molecule has 0 radical (unpaired) electrons. The molecule has 1 rings (SSSR count). The molecular weight excluding hydrogens is 292 g/mol. The second-order valence-corrected chi connectivity index (χ2v) is 5.79. The summed E-state index contributed by atoms with van der Waals surface area (Å²) in [6.45, 7) is 7.73. The van der Waals surface area contributed by atoms with E-state index in [2.05, 4.69) is 22.3 Å². The predicted octanol–water partition coefficient (Wildman–Crippen LogP) is 1.46. The van der Waals surface area contributed by atoms with Gasteiger partial charge in [-0.25, -0.2) is 4.99 Å². The zero-order chi connectivity index (χ0) is 17.1. The molecule has 1 aromatic carbocycles. The molecule has 3 N–H and O–H groups in total. The Bertz CT molecular complexity index is 477. The van der Waals surface area contributed by atoms with Crippen LogP contribution in [-0.2, 0) is 11.3 Å². The minimum Gasteiger partial charge on any atom is -0.492 e. The first kappa shape index (κ1) is 19.3. The van der Waals surface area contributed by atoms with E-state index in [1.165, 1.54) is 0 Å². The number of hydrogen-bond acceptors (Lipinski definition) is 4. The second-order valence-electron chi connectivity index (χ2n) is 5.79. The normalized spacial score (nSPS) is 12.0. The van der Waals surface area contributed by atoms with Gasteiger partial charge in [-0.2, -0.15) is 0 Å². The van der Waals surface area contributed by atoms with Crippen molar-refractivity contribution in [2.24, 2.45) is 10.7 Å². The van der Waals surface area contributed by atoms with Gasteiger partial charge in [0.2, 0.25) is 0 Å². The topological polar surface area (TPSA) is 72.1 Å².